The van der Waals surface area contributed by atoms with Crippen molar-refractivity contribution in [1.29, 1.82) is 0 Å². The van der Waals surface area contributed by atoms with Gasteiger partial charge in [-0.05, 0) is 12.5 Å². The quantitative estimate of drug-likeness (QED) is 0.110. The Bertz CT molecular complexity index is 2310. The number of halogens is 1. The van der Waals surface area contributed by atoms with Crippen LogP contribution in [0.3, 0.4) is 0 Å². The summed E-state index contributed by atoms with van der Waals surface area (Å²) in [5.74, 6) is 0. The summed E-state index contributed by atoms with van der Waals surface area (Å²) in [5, 5.41) is 1.90. The fourth-order valence-electron chi connectivity index (χ4n) is 5.53. The van der Waals surface area contributed by atoms with E-state index in [9.17, 15) is 19.2 Å². The first-order chi connectivity index (χ1) is 18.2. The van der Waals surface area contributed by atoms with Crippen LogP contribution in [-0.2, 0) is 0 Å². The molecule has 1 aromatic heterocycles. The summed E-state index contributed by atoms with van der Waals surface area (Å²) < 4.78 is 0. The Morgan fingerprint density at radius 2 is 0.921 bits per heavy atom. The maximum Gasteiger partial charge on any atom is 0.196 e. The molecule has 0 radical (unpaired) electrons. The minimum absolute atomic E-state index is 0.108. The molecule has 7 aromatic rings. The molecule has 0 aliphatic rings. The van der Waals surface area contributed by atoms with Gasteiger partial charge in [0.1, 0.15) is 0 Å². The molecule has 0 fully saturated rings. The summed E-state index contributed by atoms with van der Waals surface area (Å²) in [6, 6.07) is 13.3. The summed E-state index contributed by atoms with van der Waals surface area (Å²) in [7, 11) is 0. The van der Waals surface area contributed by atoms with Crippen molar-refractivity contribution < 1.29 is 0 Å². The van der Waals surface area contributed by atoms with Crippen LogP contribution >= 0.6 is 36.9 Å². The first kappa shape index (κ1) is 23.3. The van der Waals surface area contributed by atoms with Gasteiger partial charge in [0.05, 0.1) is 43.2 Å². The number of fused-ring (bicyclic) bond motifs is 8. The molecule has 1 heterocycles. The molecule has 38 heavy (non-hydrogen) atoms. The first-order valence-corrected chi connectivity index (χ1v) is 12.9. The Morgan fingerprint density at radius 3 is 1.39 bits per heavy atom. The number of H-pyrrole nitrogens is 2. The molecular weight excluding hydrogens is 540 g/mol. The van der Waals surface area contributed by atoms with E-state index in [1.54, 1.807) is 55.5 Å². The number of nitrogens with one attached hydrogen (secondary N) is 2. The van der Waals surface area contributed by atoms with E-state index >= 15 is 0 Å². The zero-order valence-corrected chi connectivity index (χ0v) is 22.1. The van der Waals surface area contributed by atoms with Gasteiger partial charge in [0, 0.05) is 36.7 Å². The molecule has 9 heteroatoms. The summed E-state index contributed by atoms with van der Waals surface area (Å²) in [5.41, 5.74) is 0.652. The molecule has 0 atom stereocenters. The number of aromatic amines is 2. The van der Waals surface area contributed by atoms with E-state index in [4.69, 9.17) is 11.6 Å². The maximum atomic E-state index is 13.7. The third kappa shape index (κ3) is 2.77. The second-order valence-corrected chi connectivity index (χ2v) is 10.6. The number of rotatable bonds is 0. The van der Waals surface area contributed by atoms with Crippen molar-refractivity contribution in [3.8, 4) is 0 Å². The number of aryl methyl sites for hydroxylation is 1. The molecule has 0 aliphatic heterocycles. The molecule has 6 aromatic carbocycles. The fraction of sp³-hybridized carbons (Fsp3) is 0.0345. The predicted molar refractivity (Wildman–Crippen MR) is 161 cm³/mol. The number of hydrogen-bond acceptors (Lipinski definition) is 6. The maximum absolute atomic E-state index is 13.7. The molecule has 0 spiro atoms. The summed E-state index contributed by atoms with van der Waals surface area (Å²) >= 11 is 15.9. The monoisotopic (exact) mass is 554 g/mol. The lowest BCUT2D eigenvalue weighted by atomic mass is 9.97. The zero-order valence-electron chi connectivity index (χ0n) is 19.5. The van der Waals surface area contributed by atoms with Gasteiger partial charge in [-0.2, -0.15) is 0 Å². The molecule has 184 valence electrons. The zero-order chi connectivity index (χ0) is 26.6. The fourth-order valence-corrected chi connectivity index (χ4v) is 6.42. The van der Waals surface area contributed by atoms with Crippen LogP contribution in [-0.4, -0.2) is 9.97 Å². The van der Waals surface area contributed by atoms with Crippen molar-refractivity contribution in [1.82, 2.24) is 9.97 Å². The predicted octanol–water partition coefficient (Wildman–Crippen LogP) is 5.68. The van der Waals surface area contributed by atoms with E-state index in [1.165, 1.54) is 0 Å². The van der Waals surface area contributed by atoms with Crippen LogP contribution in [0.4, 0.5) is 0 Å². The Labute approximate surface area is 228 Å². The third-order valence-electron chi connectivity index (χ3n) is 7.37. The van der Waals surface area contributed by atoms with Gasteiger partial charge < -0.3 is 9.97 Å². The van der Waals surface area contributed by atoms with Crippen molar-refractivity contribution in [3.05, 3.63) is 100 Å². The molecule has 0 bridgehead atoms. The molecule has 0 saturated heterocycles. The van der Waals surface area contributed by atoms with Crippen LogP contribution in [0.1, 0.15) is 5.56 Å². The highest BCUT2D eigenvalue weighted by Crippen LogP contribution is 2.38. The van der Waals surface area contributed by atoms with Gasteiger partial charge in [-0.15, -0.1) is 25.3 Å². The van der Waals surface area contributed by atoms with Crippen molar-refractivity contribution in [2.75, 3.05) is 0 Å². The number of aromatic nitrogens is 2. The number of hydrogen-bond donors (Lipinski definition) is 4. The van der Waals surface area contributed by atoms with Gasteiger partial charge in [0.2, 0.25) is 0 Å². The van der Waals surface area contributed by atoms with Gasteiger partial charge in [-0.3, -0.25) is 19.2 Å². The van der Waals surface area contributed by atoms with Crippen LogP contribution in [0.2, 0.25) is 5.02 Å². The lowest BCUT2D eigenvalue weighted by Gasteiger charge is -2.16. The second kappa shape index (κ2) is 7.83. The smallest absolute Gasteiger partial charge is 0.196 e. The van der Waals surface area contributed by atoms with E-state index in [1.807, 2.05) is 0 Å². The third-order valence-corrected chi connectivity index (χ3v) is 8.89. The molecular formula is C29H15ClN2O4S2. The Kier molecular flexibility index (Phi) is 4.80. The van der Waals surface area contributed by atoms with E-state index in [-0.39, 0.29) is 69.5 Å². The molecule has 0 amide bonds. The SMILES string of the molecule is Cc1c(S)c2c(=O)c3ccccc3c(=O)c2c2[nH]c3c(Cl)c(S)c4c(=O)c5ccccc5c(=O)c4c3[nH]c12. The van der Waals surface area contributed by atoms with E-state index in [0.29, 0.717) is 37.8 Å². The van der Waals surface area contributed by atoms with Crippen molar-refractivity contribution in [3.63, 3.8) is 0 Å². The standard InChI is InChI=1S/C29H15ClN2O4S2/c1-10-20-21(15-17(28(10)37)26(35)13-8-4-2-6-11(13)24(15)33)32-23-19(30)29(38)18-16(22(23)31-20)25(34)12-7-3-5-9-14(12)27(18)36/h2-9,31-32,37-38H,1H3. The van der Waals surface area contributed by atoms with Crippen LogP contribution in [0, 0.1) is 6.92 Å². The van der Waals surface area contributed by atoms with E-state index < -0.39 is 0 Å². The van der Waals surface area contributed by atoms with Crippen molar-refractivity contribution in [2.24, 2.45) is 0 Å². The normalized spacial score (nSPS) is 12.1. The molecule has 0 aliphatic carbocycles. The first-order valence-electron chi connectivity index (χ1n) is 11.6. The Hall–Kier alpha value is -3.85. The number of thiol groups is 2. The van der Waals surface area contributed by atoms with Crippen molar-refractivity contribution in [2.45, 2.75) is 16.7 Å². The summed E-state index contributed by atoms with van der Waals surface area (Å²) in [6.07, 6.45) is 0. The van der Waals surface area contributed by atoms with E-state index in [0.717, 1.165) is 0 Å². The van der Waals surface area contributed by atoms with Gasteiger partial charge >= 0.3 is 0 Å². The van der Waals surface area contributed by atoms with Gasteiger partial charge in [0.15, 0.2) is 21.7 Å². The minimum atomic E-state index is -0.355. The van der Waals surface area contributed by atoms with Gasteiger partial charge in [-0.1, -0.05) is 60.1 Å². The van der Waals surface area contributed by atoms with Crippen LogP contribution in [0.5, 0.6) is 0 Å². The average molecular weight is 555 g/mol. The molecule has 6 nitrogen and oxygen atoms in total. The molecule has 7 rings (SSSR count). The highest BCUT2D eigenvalue weighted by atomic mass is 35.5. The summed E-state index contributed by atoms with van der Waals surface area (Å²) in [6.45, 7) is 1.77. The van der Waals surface area contributed by atoms with E-state index in [2.05, 4.69) is 35.2 Å². The lowest BCUT2D eigenvalue weighted by Crippen LogP contribution is -2.16. The molecule has 2 N–H and O–H groups in total. The van der Waals surface area contributed by atoms with Gasteiger partial charge in [-0.25, -0.2) is 0 Å². The highest BCUT2D eigenvalue weighted by molar-refractivity contribution is 7.80. The Morgan fingerprint density at radius 1 is 0.553 bits per heavy atom. The minimum Gasteiger partial charge on any atom is -0.351 e. The van der Waals surface area contributed by atoms with Gasteiger partial charge in [0.25, 0.3) is 0 Å². The Balaban J connectivity index is 1.83. The van der Waals surface area contributed by atoms with Crippen LogP contribution in [0.25, 0.3) is 65.2 Å². The van der Waals surface area contributed by atoms with Crippen LogP contribution in [0.15, 0.2) is 77.5 Å². The van der Waals surface area contributed by atoms with Crippen LogP contribution < -0.4 is 21.7 Å². The average Bonchev–Trinajstić information content (AvgIpc) is 2.93. The second-order valence-electron chi connectivity index (χ2n) is 9.29. The number of benzene rings is 6. The topological polar surface area (TPSA) is 99.9 Å². The molecule has 0 unspecified atom stereocenters. The largest absolute Gasteiger partial charge is 0.351 e. The summed E-state index contributed by atoms with van der Waals surface area (Å²) in [4.78, 5) is 61.4. The van der Waals surface area contributed by atoms with Crippen molar-refractivity contribution >= 4 is 102 Å². The molecule has 0 saturated carbocycles. The lowest BCUT2D eigenvalue weighted by molar-refractivity contribution is 1.31. The highest BCUT2D eigenvalue weighted by Gasteiger charge is 2.23.